The maximum Gasteiger partial charge on any atom is 0.352 e. The lowest BCUT2D eigenvalue weighted by molar-refractivity contribution is -0.688. The van der Waals surface area contributed by atoms with E-state index in [-0.39, 0.29) is 46.9 Å². The molecule has 1 fully saturated rings. The third-order valence-corrected chi connectivity index (χ3v) is 7.80. The molecule has 15 nitrogen and oxygen atoms in total. The molecule has 2 aromatic rings. The number of rotatable bonds is 10. The quantitative estimate of drug-likeness (QED) is 0.101. The van der Waals surface area contributed by atoms with Gasteiger partial charge >= 0.3 is 5.97 Å². The third kappa shape index (κ3) is 6.98. The summed E-state index contributed by atoms with van der Waals surface area (Å²) in [4.78, 5) is 60.2. The van der Waals surface area contributed by atoms with Gasteiger partial charge in [0.25, 0.3) is 11.8 Å². The minimum Gasteiger partial charge on any atom is -0.477 e. The van der Waals surface area contributed by atoms with Crippen LogP contribution in [0.1, 0.15) is 26.6 Å². The van der Waals surface area contributed by atoms with Gasteiger partial charge in [0.15, 0.2) is 24.1 Å². The Morgan fingerprint density at radius 3 is 2.59 bits per heavy atom. The van der Waals surface area contributed by atoms with Crippen LogP contribution in [0.5, 0.6) is 0 Å². The number of carbonyl (C=O) groups excluding carboxylic acids is 3. The van der Waals surface area contributed by atoms with Gasteiger partial charge in [-0.1, -0.05) is 5.16 Å². The Morgan fingerprint density at radius 1 is 1.29 bits per heavy atom. The molecule has 41 heavy (non-hydrogen) atoms. The van der Waals surface area contributed by atoms with Crippen molar-refractivity contribution in [2.24, 2.45) is 5.16 Å². The maximum atomic E-state index is 13.1. The zero-order valence-corrected chi connectivity index (χ0v) is 24.3. The monoisotopic (exact) mass is 604 g/mol. The van der Waals surface area contributed by atoms with Gasteiger partial charge in [0.1, 0.15) is 24.2 Å². The van der Waals surface area contributed by atoms with Gasteiger partial charge in [-0.15, -0.1) is 11.8 Å². The van der Waals surface area contributed by atoms with Crippen LogP contribution in [0, 0.1) is 0 Å². The normalized spacial score (nSPS) is 18.9. The second kappa shape index (κ2) is 12.2. The first-order chi connectivity index (χ1) is 19.4. The standard InChI is InChI=1S/C24H29N9O6S2/c1-24(2,3)26-9-14(34)27-13-5-7-32(8-6-13)10-12-11-40-21-16(20(36)33(21)17(12)22(37)38)28-19(35)15(30-39-4)18-29-23(25)41-31-18/h5-8,16,21,26H,9-11H2,1-4H3,(H4,25,28,29,31,35,37,38)/p+1/b30-15-/t16-,21?/m1/s1. The number of aromatic nitrogens is 3. The summed E-state index contributed by atoms with van der Waals surface area (Å²) >= 11 is 2.20. The Morgan fingerprint density at radius 2 is 2.00 bits per heavy atom. The molecule has 0 saturated carbocycles. The van der Waals surface area contributed by atoms with Crippen LogP contribution in [0.15, 0.2) is 41.0 Å². The van der Waals surface area contributed by atoms with Gasteiger partial charge in [0.2, 0.25) is 17.4 Å². The predicted octanol–water partition coefficient (Wildman–Crippen LogP) is -0.476. The molecule has 2 atom stereocenters. The molecule has 0 bridgehead atoms. The van der Waals surface area contributed by atoms with Crippen LogP contribution in [-0.2, 0) is 30.6 Å². The molecule has 3 amide bonds. The first-order valence-corrected chi connectivity index (χ1v) is 14.2. The summed E-state index contributed by atoms with van der Waals surface area (Å²) in [5.41, 5.74) is 6.14. The van der Waals surface area contributed by atoms with E-state index in [1.807, 2.05) is 20.8 Å². The Labute approximate surface area is 243 Å². The second-order valence-corrected chi connectivity index (χ2v) is 12.0. The number of β-lactam (4-membered cyclic amide) rings is 1. The van der Waals surface area contributed by atoms with Gasteiger partial charge < -0.3 is 31.6 Å². The molecule has 1 saturated heterocycles. The van der Waals surface area contributed by atoms with E-state index in [4.69, 9.17) is 10.6 Å². The molecule has 0 radical (unpaired) electrons. The molecule has 0 aromatic carbocycles. The molecule has 1 unspecified atom stereocenters. The molecule has 4 heterocycles. The number of hydrogen-bond acceptors (Lipinski definition) is 12. The summed E-state index contributed by atoms with van der Waals surface area (Å²) in [6.45, 7) is 6.27. The first-order valence-electron chi connectivity index (χ1n) is 12.3. The van der Waals surface area contributed by atoms with Crippen LogP contribution >= 0.6 is 23.3 Å². The topological polar surface area (TPSA) is 205 Å². The van der Waals surface area contributed by atoms with E-state index < -0.39 is 29.2 Å². The molecule has 218 valence electrons. The van der Waals surface area contributed by atoms with E-state index in [9.17, 15) is 24.3 Å². The number of hydrogen-bond donors (Lipinski definition) is 5. The van der Waals surface area contributed by atoms with E-state index in [1.54, 1.807) is 29.1 Å². The van der Waals surface area contributed by atoms with Crippen molar-refractivity contribution < 1.29 is 33.7 Å². The number of amides is 3. The number of oxime groups is 1. The number of anilines is 2. The highest BCUT2D eigenvalue weighted by atomic mass is 32.2. The first kappa shape index (κ1) is 29.9. The summed E-state index contributed by atoms with van der Waals surface area (Å²) < 4.78 is 5.71. The molecule has 2 aromatic heterocycles. The van der Waals surface area contributed by atoms with Crippen LogP contribution in [0.4, 0.5) is 10.8 Å². The predicted molar refractivity (Wildman–Crippen MR) is 151 cm³/mol. The highest BCUT2D eigenvalue weighted by Crippen LogP contribution is 2.40. The molecular weight excluding hydrogens is 574 g/mol. The van der Waals surface area contributed by atoms with Crippen LogP contribution in [0.2, 0.25) is 0 Å². The number of nitrogens with one attached hydrogen (secondary N) is 3. The number of fused-ring (bicyclic) bond motifs is 1. The SMILES string of the molecule is CO/N=C(\C(=O)N[C@@H]1C(=O)N2C(C(=O)O)=C(C[n+]3ccc(NC(=O)CNC(C)(C)C)cc3)CSC12)c1nsc(N)n1. The largest absolute Gasteiger partial charge is 0.477 e. The molecular formula is C24H30N9O6S2+. The minimum atomic E-state index is -1.25. The number of nitrogens with zero attached hydrogens (tertiary/aromatic N) is 5. The Kier molecular flexibility index (Phi) is 8.89. The van der Waals surface area contributed by atoms with Crippen molar-refractivity contribution in [1.82, 2.24) is 24.9 Å². The van der Waals surface area contributed by atoms with Gasteiger partial charge in [-0.25, -0.2) is 9.36 Å². The van der Waals surface area contributed by atoms with Gasteiger partial charge in [0, 0.05) is 40.5 Å². The van der Waals surface area contributed by atoms with Crippen molar-refractivity contribution in [1.29, 1.82) is 0 Å². The lowest BCUT2D eigenvalue weighted by Crippen LogP contribution is -2.71. The third-order valence-electron chi connectivity index (χ3n) is 5.92. The lowest BCUT2D eigenvalue weighted by atomic mass is 10.0. The molecule has 6 N–H and O–H groups in total. The Balaban J connectivity index is 1.43. The van der Waals surface area contributed by atoms with Gasteiger partial charge in [-0.3, -0.25) is 19.3 Å². The molecule has 0 aliphatic carbocycles. The highest BCUT2D eigenvalue weighted by Gasteiger charge is 2.54. The van der Waals surface area contributed by atoms with Gasteiger partial charge in [-0.2, -0.15) is 9.36 Å². The van der Waals surface area contributed by atoms with Crippen molar-refractivity contribution in [3.63, 3.8) is 0 Å². The van der Waals surface area contributed by atoms with E-state index in [0.717, 1.165) is 11.5 Å². The molecule has 2 aliphatic rings. The molecule has 2 aliphatic heterocycles. The summed E-state index contributed by atoms with van der Waals surface area (Å²) in [5, 5.41) is 21.6. The Hall–Kier alpha value is -4.09. The van der Waals surface area contributed by atoms with Crippen molar-refractivity contribution in [2.75, 3.05) is 30.5 Å². The number of thioether (sulfide) groups is 1. The average Bonchev–Trinajstić information content (AvgIpc) is 3.35. The second-order valence-electron chi connectivity index (χ2n) is 10.1. The number of carboxylic acid groups (broad SMARTS) is 1. The van der Waals surface area contributed by atoms with Gasteiger partial charge in [0.05, 0.1) is 12.2 Å². The number of nitrogens with two attached hydrogens (primary N) is 1. The van der Waals surface area contributed by atoms with Crippen LogP contribution in [0.3, 0.4) is 0 Å². The van der Waals surface area contributed by atoms with Crippen molar-refractivity contribution in [3.8, 4) is 0 Å². The number of carbonyl (C=O) groups is 4. The van der Waals surface area contributed by atoms with E-state index in [1.165, 1.54) is 23.8 Å². The minimum absolute atomic E-state index is 0.0515. The summed E-state index contributed by atoms with van der Waals surface area (Å²) in [7, 11) is 1.24. The summed E-state index contributed by atoms with van der Waals surface area (Å²) in [5.74, 6) is -2.50. The van der Waals surface area contributed by atoms with Crippen LogP contribution < -0.4 is 26.3 Å². The molecule has 17 heteroatoms. The number of carboxylic acids is 1. The van der Waals surface area contributed by atoms with E-state index in [2.05, 4.69) is 30.5 Å². The van der Waals surface area contributed by atoms with Crippen molar-refractivity contribution in [2.45, 2.75) is 44.3 Å². The number of nitrogen functional groups attached to an aromatic ring is 1. The fourth-order valence-electron chi connectivity index (χ4n) is 4.04. The number of aliphatic carboxylic acids is 1. The maximum absolute atomic E-state index is 13.1. The zero-order chi connectivity index (χ0) is 29.9. The fourth-order valence-corrected chi connectivity index (χ4v) is 5.81. The molecule has 4 rings (SSSR count). The lowest BCUT2D eigenvalue weighted by Gasteiger charge is -2.49. The summed E-state index contributed by atoms with van der Waals surface area (Å²) in [6.07, 6.45) is 3.43. The summed E-state index contributed by atoms with van der Waals surface area (Å²) in [6, 6.07) is 2.43. The average molecular weight is 605 g/mol. The zero-order valence-electron chi connectivity index (χ0n) is 22.7. The van der Waals surface area contributed by atoms with Crippen molar-refractivity contribution >= 4 is 63.5 Å². The van der Waals surface area contributed by atoms with Crippen molar-refractivity contribution in [3.05, 3.63) is 41.6 Å². The Bertz CT molecular complexity index is 1420. The smallest absolute Gasteiger partial charge is 0.352 e. The fraction of sp³-hybridized carbons (Fsp3) is 0.417. The number of pyridine rings is 1. The highest BCUT2D eigenvalue weighted by molar-refractivity contribution is 8.00. The van der Waals surface area contributed by atoms with E-state index >= 15 is 0 Å². The van der Waals surface area contributed by atoms with E-state index in [0.29, 0.717) is 17.0 Å². The van der Waals surface area contributed by atoms with Crippen LogP contribution in [-0.4, -0.2) is 85.1 Å². The van der Waals surface area contributed by atoms with Gasteiger partial charge in [-0.05, 0) is 20.8 Å². The van der Waals surface area contributed by atoms with Crippen LogP contribution in [0.25, 0.3) is 0 Å². The molecule has 0 spiro atoms.